The van der Waals surface area contributed by atoms with E-state index in [-0.39, 0.29) is 11.8 Å². The van der Waals surface area contributed by atoms with Crippen molar-refractivity contribution in [3.05, 3.63) is 94.0 Å². The first-order chi connectivity index (χ1) is 14.7. The number of rotatable bonds is 3. The molecule has 1 aliphatic rings. The second-order valence-corrected chi connectivity index (χ2v) is 8.06. The number of likely N-dealkylation sites (N-methyl/N-ethyl adjacent to an activating group) is 1. The minimum Gasteiger partial charge on any atom is -0.508 e. The molecule has 1 heterocycles. The topological polar surface area (TPSA) is 35.8 Å². The van der Waals surface area contributed by atoms with Gasteiger partial charge in [0, 0.05) is 35.4 Å². The smallest absolute Gasteiger partial charge is 0.416 e. The second kappa shape index (κ2) is 8.27. The van der Waals surface area contributed by atoms with Gasteiger partial charge in [0.2, 0.25) is 0 Å². The first-order valence-corrected chi connectivity index (χ1v) is 10.1. The summed E-state index contributed by atoms with van der Waals surface area (Å²) in [6, 6.07) is 17.4. The van der Waals surface area contributed by atoms with Crippen LogP contribution in [0.1, 0.15) is 22.3 Å². The quantitative estimate of drug-likeness (QED) is 0.540. The average Bonchev–Trinajstić information content (AvgIpc) is 2.84. The van der Waals surface area contributed by atoms with E-state index < -0.39 is 11.7 Å². The van der Waals surface area contributed by atoms with Gasteiger partial charge in [-0.1, -0.05) is 23.7 Å². The monoisotopic (exact) mass is 444 g/mol. The van der Waals surface area contributed by atoms with Crippen molar-refractivity contribution in [3.8, 4) is 5.75 Å². The number of benzene rings is 3. The van der Waals surface area contributed by atoms with E-state index in [1.165, 1.54) is 12.1 Å². The summed E-state index contributed by atoms with van der Waals surface area (Å²) in [6.45, 7) is 0.594. The third-order valence-electron chi connectivity index (χ3n) is 5.31. The predicted octanol–water partition coefficient (Wildman–Crippen LogP) is 5.96. The number of fused-ring (bicyclic) bond motifs is 1. The Morgan fingerprint density at radius 3 is 2.35 bits per heavy atom. The van der Waals surface area contributed by atoms with Crippen LogP contribution in [0.2, 0.25) is 5.02 Å². The van der Waals surface area contributed by atoms with Gasteiger partial charge in [-0.2, -0.15) is 13.2 Å². The maximum atomic E-state index is 12.9. The Morgan fingerprint density at radius 2 is 1.71 bits per heavy atom. The molecule has 0 spiro atoms. The van der Waals surface area contributed by atoms with Gasteiger partial charge in [0.05, 0.1) is 17.3 Å². The van der Waals surface area contributed by atoms with Crippen molar-refractivity contribution in [3.63, 3.8) is 0 Å². The normalized spacial score (nSPS) is 16.5. The zero-order valence-corrected chi connectivity index (χ0v) is 17.5. The molecular formula is C24H20ClF3N2O. The Balaban J connectivity index is 1.73. The summed E-state index contributed by atoms with van der Waals surface area (Å²) in [7, 11) is 1.96. The highest BCUT2D eigenvalue weighted by Crippen LogP contribution is 2.32. The summed E-state index contributed by atoms with van der Waals surface area (Å²) in [5.41, 5.74) is 3.52. The van der Waals surface area contributed by atoms with Gasteiger partial charge in [-0.05, 0) is 66.6 Å². The number of anilines is 1. The molecule has 0 aromatic heterocycles. The van der Waals surface area contributed by atoms with Crippen LogP contribution in [0.5, 0.6) is 5.75 Å². The fraction of sp³-hybridized carbons (Fsp3) is 0.208. The van der Waals surface area contributed by atoms with Crippen LogP contribution in [-0.4, -0.2) is 30.5 Å². The maximum Gasteiger partial charge on any atom is 0.416 e. The van der Waals surface area contributed by atoms with E-state index in [0.717, 1.165) is 40.2 Å². The lowest BCUT2D eigenvalue weighted by molar-refractivity contribution is -0.137. The number of alkyl halides is 3. The minimum atomic E-state index is -4.35. The number of aliphatic imine (C=N–C) groups is 1. The van der Waals surface area contributed by atoms with E-state index in [4.69, 9.17) is 16.6 Å². The van der Waals surface area contributed by atoms with Gasteiger partial charge in [0.25, 0.3) is 0 Å². The Hall–Kier alpha value is -2.99. The fourth-order valence-electron chi connectivity index (χ4n) is 3.80. The highest BCUT2D eigenvalue weighted by Gasteiger charge is 2.30. The summed E-state index contributed by atoms with van der Waals surface area (Å²) >= 11 is 6.27. The lowest BCUT2D eigenvalue weighted by Crippen LogP contribution is -2.28. The van der Waals surface area contributed by atoms with Crippen molar-refractivity contribution in [2.45, 2.75) is 18.6 Å². The van der Waals surface area contributed by atoms with Crippen LogP contribution < -0.4 is 4.90 Å². The molecular weight excluding hydrogens is 425 g/mol. The van der Waals surface area contributed by atoms with Crippen LogP contribution in [-0.2, 0) is 12.6 Å². The molecule has 0 bridgehead atoms. The summed E-state index contributed by atoms with van der Waals surface area (Å²) in [6.07, 6.45) is -3.86. The van der Waals surface area contributed by atoms with E-state index >= 15 is 0 Å². The van der Waals surface area contributed by atoms with E-state index in [1.807, 2.05) is 25.2 Å². The molecule has 1 aliphatic heterocycles. The second-order valence-electron chi connectivity index (χ2n) is 7.62. The van der Waals surface area contributed by atoms with Gasteiger partial charge < -0.3 is 10.0 Å². The maximum absolute atomic E-state index is 12.9. The van der Waals surface area contributed by atoms with Crippen molar-refractivity contribution in [1.82, 2.24) is 0 Å². The summed E-state index contributed by atoms with van der Waals surface area (Å²) in [4.78, 5) is 7.07. The van der Waals surface area contributed by atoms with E-state index in [1.54, 1.807) is 24.3 Å². The molecule has 0 saturated heterocycles. The SMILES string of the molecule is CN1CC(Cc2ccc(C(F)(F)F)cc2)N=C(c2ccc(O)cc2)c2cc(Cl)ccc21. The molecule has 1 unspecified atom stereocenters. The molecule has 7 heteroatoms. The molecule has 3 aromatic rings. The lowest BCUT2D eigenvalue weighted by Gasteiger charge is -2.22. The summed E-state index contributed by atoms with van der Waals surface area (Å²) in [5, 5.41) is 10.3. The molecule has 31 heavy (non-hydrogen) atoms. The zero-order valence-electron chi connectivity index (χ0n) is 16.7. The number of halogens is 4. The Labute approximate surface area is 183 Å². The third kappa shape index (κ3) is 4.69. The van der Waals surface area contributed by atoms with Crippen molar-refractivity contribution in [2.24, 2.45) is 4.99 Å². The molecule has 3 nitrogen and oxygen atoms in total. The van der Waals surface area contributed by atoms with Crippen LogP contribution in [0.15, 0.2) is 71.7 Å². The minimum absolute atomic E-state index is 0.155. The van der Waals surface area contributed by atoms with Gasteiger partial charge in [-0.3, -0.25) is 4.99 Å². The van der Waals surface area contributed by atoms with E-state index in [2.05, 4.69) is 4.90 Å². The van der Waals surface area contributed by atoms with Crippen LogP contribution in [0, 0.1) is 0 Å². The van der Waals surface area contributed by atoms with Crippen molar-refractivity contribution < 1.29 is 18.3 Å². The molecule has 1 N–H and O–H groups in total. The Morgan fingerprint density at radius 1 is 1.03 bits per heavy atom. The van der Waals surface area contributed by atoms with Gasteiger partial charge in [0.15, 0.2) is 0 Å². The molecule has 0 amide bonds. The Bertz CT molecular complexity index is 1110. The van der Waals surface area contributed by atoms with Crippen LogP contribution in [0.3, 0.4) is 0 Å². The first kappa shape index (κ1) is 21.2. The van der Waals surface area contributed by atoms with Crippen molar-refractivity contribution >= 4 is 23.0 Å². The number of hydrogen-bond acceptors (Lipinski definition) is 3. The van der Waals surface area contributed by atoms with Crippen molar-refractivity contribution in [2.75, 3.05) is 18.5 Å². The van der Waals surface area contributed by atoms with Crippen molar-refractivity contribution in [1.29, 1.82) is 0 Å². The zero-order chi connectivity index (χ0) is 22.2. The van der Waals surface area contributed by atoms with Crippen LogP contribution >= 0.6 is 11.6 Å². The molecule has 4 rings (SSSR count). The number of phenols is 1. The van der Waals surface area contributed by atoms with E-state index in [0.29, 0.717) is 18.0 Å². The molecule has 160 valence electrons. The fourth-order valence-corrected chi connectivity index (χ4v) is 3.97. The van der Waals surface area contributed by atoms with E-state index in [9.17, 15) is 18.3 Å². The average molecular weight is 445 g/mol. The molecule has 0 radical (unpaired) electrons. The molecule has 3 aromatic carbocycles. The molecule has 0 aliphatic carbocycles. The van der Waals surface area contributed by atoms with Gasteiger partial charge in [-0.25, -0.2) is 0 Å². The highest BCUT2D eigenvalue weighted by atomic mass is 35.5. The summed E-state index contributed by atoms with van der Waals surface area (Å²) in [5.74, 6) is 0.155. The number of nitrogens with zero attached hydrogens (tertiary/aromatic N) is 2. The molecule has 1 atom stereocenters. The molecule has 0 saturated carbocycles. The number of phenolic OH excluding ortho intramolecular Hbond substituents is 1. The summed E-state index contributed by atoms with van der Waals surface area (Å²) < 4.78 is 38.6. The predicted molar refractivity (Wildman–Crippen MR) is 117 cm³/mol. The number of aromatic hydroxyl groups is 1. The number of hydrogen-bond donors (Lipinski definition) is 1. The van der Waals surface area contributed by atoms with Crippen LogP contribution in [0.25, 0.3) is 0 Å². The lowest BCUT2D eigenvalue weighted by atomic mass is 10.00. The highest BCUT2D eigenvalue weighted by molar-refractivity contribution is 6.31. The largest absolute Gasteiger partial charge is 0.508 e. The van der Waals surface area contributed by atoms with Gasteiger partial charge in [0.1, 0.15) is 5.75 Å². The standard InChI is InChI=1S/C24H20ClF3N2O/c1-30-14-19(12-15-2-6-17(7-3-15)24(26,27)28)29-23(16-4-9-20(31)10-5-16)21-13-18(25)8-11-22(21)30/h2-11,13,19,31H,12,14H2,1H3. The van der Waals surface area contributed by atoms with Crippen LogP contribution in [0.4, 0.5) is 18.9 Å². The van der Waals surface area contributed by atoms with Gasteiger partial charge >= 0.3 is 6.18 Å². The number of benzodiazepines with no additional fused rings is 1. The third-order valence-corrected chi connectivity index (χ3v) is 5.55. The Kier molecular flexibility index (Phi) is 5.67. The van der Waals surface area contributed by atoms with Gasteiger partial charge in [-0.15, -0.1) is 0 Å². The molecule has 0 fully saturated rings. The first-order valence-electron chi connectivity index (χ1n) is 9.75.